The number of methoxy groups -OCH3 is 1. The molecule has 1 aromatic heterocycles. The zero-order valence-electron chi connectivity index (χ0n) is 24.5. The van der Waals surface area contributed by atoms with Gasteiger partial charge in [-0.1, -0.05) is 89.1 Å². The summed E-state index contributed by atoms with van der Waals surface area (Å²) < 4.78 is 13.8. The summed E-state index contributed by atoms with van der Waals surface area (Å²) >= 11 is 4.72. The van der Waals surface area contributed by atoms with Crippen LogP contribution < -0.4 is 24.5 Å². The van der Waals surface area contributed by atoms with E-state index in [1.165, 1.54) is 15.9 Å². The van der Waals surface area contributed by atoms with E-state index < -0.39 is 17.6 Å². The van der Waals surface area contributed by atoms with Gasteiger partial charge in [-0.15, -0.1) is 0 Å². The maximum Gasteiger partial charge on any atom is 0.338 e. The van der Waals surface area contributed by atoms with Crippen LogP contribution >= 0.6 is 27.3 Å². The molecule has 1 atom stereocenters. The molecule has 8 nitrogen and oxygen atoms in total. The molecular weight excluding hydrogens is 642 g/mol. The Kier molecular flexibility index (Phi) is 8.38. The number of carbonyl (C=O) groups excluding carboxylic acids is 2. The maximum atomic E-state index is 14.6. The summed E-state index contributed by atoms with van der Waals surface area (Å²) in [5.41, 5.74) is 3.78. The highest BCUT2D eigenvalue weighted by Gasteiger charge is 2.38. The number of carbonyl (C=O) groups is 2. The fourth-order valence-electron chi connectivity index (χ4n) is 5.81. The van der Waals surface area contributed by atoms with Crippen molar-refractivity contribution in [3.63, 3.8) is 0 Å². The number of hydrogen-bond acceptors (Lipinski definition) is 7. The smallest absolute Gasteiger partial charge is 0.338 e. The van der Waals surface area contributed by atoms with Crippen LogP contribution in [0.4, 0.5) is 5.69 Å². The van der Waals surface area contributed by atoms with Crippen LogP contribution in [0.1, 0.15) is 49.4 Å². The fraction of sp³-hybridized carbons (Fsp3) is 0.235. The first kappa shape index (κ1) is 29.8. The van der Waals surface area contributed by atoms with E-state index in [0.29, 0.717) is 45.9 Å². The number of benzene rings is 3. The third kappa shape index (κ3) is 5.11. The second-order valence-corrected chi connectivity index (χ2v) is 12.3. The van der Waals surface area contributed by atoms with Crippen LogP contribution in [0.5, 0.6) is 5.75 Å². The third-order valence-electron chi connectivity index (χ3n) is 7.69. The molecule has 0 bridgehead atoms. The molecule has 0 saturated heterocycles. The van der Waals surface area contributed by atoms with E-state index in [1.54, 1.807) is 25.0 Å². The topological polar surface area (TPSA) is 90.2 Å². The van der Waals surface area contributed by atoms with Crippen LogP contribution in [0.2, 0.25) is 0 Å². The molecule has 0 fully saturated rings. The van der Waals surface area contributed by atoms with Gasteiger partial charge in [0.2, 0.25) is 0 Å². The summed E-state index contributed by atoms with van der Waals surface area (Å²) in [6, 6.07) is 21.9. The van der Waals surface area contributed by atoms with Crippen molar-refractivity contribution in [2.75, 3.05) is 18.6 Å². The normalized spacial score (nSPS) is 16.9. The molecule has 2 aliphatic rings. The van der Waals surface area contributed by atoms with Crippen molar-refractivity contribution >= 4 is 50.4 Å². The largest absolute Gasteiger partial charge is 0.496 e. The number of anilines is 1. The lowest BCUT2D eigenvalue weighted by molar-refractivity contribution is -0.139. The number of para-hydroxylation sites is 1. The summed E-state index contributed by atoms with van der Waals surface area (Å²) in [5, 5.41) is 0. The molecule has 0 aliphatic carbocycles. The maximum absolute atomic E-state index is 14.6. The molecule has 10 heteroatoms. The lowest BCUT2D eigenvalue weighted by atomic mass is 9.93. The standard InChI is InChI=1S/C34H30BrN3O5S/c1-4-11-24-28(33(41)43-5-2)29(23-18-21(35)16-17-26(23)42-3)38-32(40)30(44-34(38)36-24)27-22-14-9-10-15-25(22)37(31(27)39)19-20-12-7-6-8-13-20/h6-10,12-18,29H,4-5,11,19H2,1-3H3/b30-27+/t29-/m1/s1. The molecule has 2 aliphatic heterocycles. The van der Waals surface area contributed by atoms with Gasteiger partial charge in [0.05, 0.1) is 42.8 Å². The number of aromatic nitrogens is 1. The summed E-state index contributed by atoms with van der Waals surface area (Å²) in [5.74, 6) is -0.288. The first-order chi connectivity index (χ1) is 21.4. The SMILES string of the molecule is CCCC1=C(C(=O)OCC)[C@@H](c2cc(Br)ccc2OC)n2c(s/c(=C3/C(=O)N(Cc4ccccc4)c4ccccc43)c2=O)=N1. The Morgan fingerprint density at radius 3 is 2.50 bits per heavy atom. The van der Waals surface area contributed by atoms with E-state index in [9.17, 15) is 14.4 Å². The second-order valence-electron chi connectivity index (χ2n) is 10.4. The average molecular weight is 673 g/mol. The van der Waals surface area contributed by atoms with Crippen molar-refractivity contribution in [3.05, 3.63) is 125 Å². The summed E-state index contributed by atoms with van der Waals surface area (Å²) in [4.78, 5) is 49.3. The number of hydrogen-bond donors (Lipinski definition) is 0. The highest BCUT2D eigenvalue weighted by molar-refractivity contribution is 9.10. The van der Waals surface area contributed by atoms with E-state index in [-0.39, 0.29) is 22.6 Å². The highest BCUT2D eigenvalue weighted by Crippen LogP contribution is 2.39. The quantitative estimate of drug-likeness (QED) is 0.238. The van der Waals surface area contributed by atoms with Crippen molar-refractivity contribution in [3.8, 4) is 5.75 Å². The summed E-state index contributed by atoms with van der Waals surface area (Å²) in [7, 11) is 1.55. The zero-order chi connectivity index (χ0) is 31.0. The number of amides is 1. The van der Waals surface area contributed by atoms with Crippen molar-refractivity contribution in [1.82, 2.24) is 4.57 Å². The molecule has 3 heterocycles. The van der Waals surface area contributed by atoms with Crippen LogP contribution in [-0.4, -0.2) is 30.2 Å². The van der Waals surface area contributed by atoms with Gasteiger partial charge in [-0.2, -0.15) is 0 Å². The first-order valence-corrected chi connectivity index (χ1v) is 16.0. The van der Waals surface area contributed by atoms with Gasteiger partial charge in [0.1, 0.15) is 16.3 Å². The number of esters is 1. The summed E-state index contributed by atoms with van der Waals surface area (Å²) in [6.45, 7) is 4.28. The molecule has 0 spiro atoms. The fourth-order valence-corrected chi connectivity index (χ4v) is 7.30. The number of allylic oxidation sites excluding steroid dienone is 1. The number of rotatable bonds is 8. The first-order valence-electron chi connectivity index (χ1n) is 14.4. The second kappa shape index (κ2) is 12.4. The van der Waals surface area contributed by atoms with Crippen molar-refractivity contribution in [2.45, 2.75) is 39.3 Å². The molecule has 0 radical (unpaired) electrons. The molecule has 6 rings (SSSR count). The number of halogens is 1. The van der Waals surface area contributed by atoms with Gasteiger partial charge < -0.3 is 14.4 Å². The van der Waals surface area contributed by atoms with Gasteiger partial charge in [0.25, 0.3) is 11.5 Å². The predicted molar refractivity (Wildman–Crippen MR) is 173 cm³/mol. The highest BCUT2D eigenvalue weighted by atomic mass is 79.9. The Morgan fingerprint density at radius 2 is 1.77 bits per heavy atom. The molecule has 0 saturated carbocycles. The zero-order valence-corrected chi connectivity index (χ0v) is 26.9. The summed E-state index contributed by atoms with van der Waals surface area (Å²) in [6.07, 6.45) is 1.23. The minimum absolute atomic E-state index is 0.168. The Hall–Kier alpha value is -4.28. The molecule has 1 amide bonds. The Labute approximate surface area is 266 Å². The van der Waals surface area contributed by atoms with Gasteiger partial charge in [-0.05, 0) is 43.2 Å². The number of nitrogens with zero attached hydrogens (tertiary/aromatic N) is 3. The van der Waals surface area contributed by atoms with E-state index in [1.807, 2.05) is 73.7 Å². The van der Waals surface area contributed by atoms with Gasteiger partial charge in [0.15, 0.2) is 4.80 Å². The lowest BCUT2D eigenvalue weighted by Gasteiger charge is -2.27. The Morgan fingerprint density at radius 1 is 1.02 bits per heavy atom. The molecule has 0 unspecified atom stereocenters. The molecular formula is C34H30BrN3O5S. The van der Waals surface area contributed by atoms with Crippen LogP contribution in [0, 0.1) is 0 Å². The number of ether oxygens (including phenoxy) is 2. The van der Waals surface area contributed by atoms with E-state index >= 15 is 0 Å². The van der Waals surface area contributed by atoms with Crippen molar-refractivity contribution in [2.24, 2.45) is 4.99 Å². The van der Waals surface area contributed by atoms with Crippen LogP contribution in [0.3, 0.4) is 0 Å². The van der Waals surface area contributed by atoms with Gasteiger partial charge in [-0.25, -0.2) is 9.79 Å². The molecule has 224 valence electrons. The van der Waals surface area contributed by atoms with Crippen molar-refractivity contribution < 1.29 is 19.1 Å². The minimum atomic E-state index is -0.874. The van der Waals surface area contributed by atoms with Crippen LogP contribution in [0.25, 0.3) is 5.57 Å². The average Bonchev–Trinajstić information content (AvgIpc) is 3.49. The third-order valence-corrected chi connectivity index (χ3v) is 9.23. The lowest BCUT2D eigenvalue weighted by Crippen LogP contribution is -2.41. The monoisotopic (exact) mass is 671 g/mol. The van der Waals surface area contributed by atoms with Gasteiger partial charge in [-0.3, -0.25) is 14.2 Å². The molecule has 3 aromatic carbocycles. The van der Waals surface area contributed by atoms with Crippen LogP contribution in [-0.2, 0) is 20.9 Å². The molecule has 4 aromatic rings. The Balaban J connectivity index is 1.64. The molecule has 0 N–H and O–H groups in total. The van der Waals surface area contributed by atoms with Gasteiger partial charge in [0, 0.05) is 15.6 Å². The number of thiazole rings is 1. The molecule has 44 heavy (non-hydrogen) atoms. The Bertz CT molecular complexity index is 2000. The van der Waals surface area contributed by atoms with E-state index in [4.69, 9.17) is 14.5 Å². The predicted octanol–water partition coefficient (Wildman–Crippen LogP) is 5.27. The van der Waals surface area contributed by atoms with Gasteiger partial charge >= 0.3 is 5.97 Å². The van der Waals surface area contributed by atoms with Crippen molar-refractivity contribution in [1.29, 1.82) is 0 Å². The van der Waals surface area contributed by atoms with E-state index in [0.717, 1.165) is 22.1 Å². The van der Waals surface area contributed by atoms with Crippen LogP contribution in [0.15, 0.2) is 98.3 Å². The van der Waals surface area contributed by atoms with E-state index in [2.05, 4.69) is 15.9 Å². The minimum Gasteiger partial charge on any atom is -0.496 e. The number of fused-ring (bicyclic) bond motifs is 2.